The summed E-state index contributed by atoms with van der Waals surface area (Å²) in [6.45, 7) is 3.17. The monoisotopic (exact) mass is 308 g/mol. The van der Waals surface area contributed by atoms with Gasteiger partial charge in [0.15, 0.2) is 17.3 Å². The summed E-state index contributed by atoms with van der Waals surface area (Å²) in [7, 11) is 1.49. The molecular weight excluding hydrogens is 288 g/mol. The van der Waals surface area contributed by atoms with Crippen molar-refractivity contribution >= 4 is 11.7 Å². The van der Waals surface area contributed by atoms with Crippen LogP contribution in [-0.2, 0) is 4.79 Å². The Morgan fingerprint density at radius 3 is 2.55 bits per heavy atom. The number of nitrogens with zero attached hydrogens (tertiary/aromatic N) is 1. The molecule has 120 valence electrons. The second-order valence-electron chi connectivity index (χ2n) is 5.32. The average molecular weight is 308 g/mol. The third-order valence-corrected chi connectivity index (χ3v) is 3.77. The SMILES string of the molecule is C[C@@H](O)[C@H](N)C(=O)N(C)[C@@H](C)C(=O)c1ccc2c(c1)OCO2. The van der Waals surface area contributed by atoms with Crippen LogP contribution < -0.4 is 15.2 Å². The van der Waals surface area contributed by atoms with E-state index in [0.29, 0.717) is 17.1 Å². The van der Waals surface area contributed by atoms with Crippen molar-refractivity contribution in [2.75, 3.05) is 13.8 Å². The third kappa shape index (κ3) is 3.05. The number of aliphatic hydroxyl groups is 1. The number of hydrogen-bond donors (Lipinski definition) is 2. The van der Waals surface area contributed by atoms with Gasteiger partial charge in [-0.25, -0.2) is 0 Å². The van der Waals surface area contributed by atoms with Gasteiger partial charge in [0, 0.05) is 12.6 Å². The zero-order chi connectivity index (χ0) is 16.4. The molecule has 1 aromatic carbocycles. The summed E-state index contributed by atoms with van der Waals surface area (Å²) in [5, 5.41) is 9.40. The van der Waals surface area contributed by atoms with Crippen molar-refractivity contribution in [3.8, 4) is 11.5 Å². The van der Waals surface area contributed by atoms with E-state index in [1.54, 1.807) is 25.1 Å². The number of hydrogen-bond acceptors (Lipinski definition) is 6. The molecule has 1 aromatic rings. The fraction of sp³-hybridized carbons (Fsp3) is 0.467. The molecule has 0 fully saturated rings. The predicted octanol–water partition coefficient (Wildman–Crippen LogP) is 0.153. The lowest BCUT2D eigenvalue weighted by atomic mass is 10.0. The number of rotatable bonds is 5. The molecule has 1 aliphatic heterocycles. The number of aliphatic hydroxyl groups excluding tert-OH is 1. The van der Waals surface area contributed by atoms with Crippen molar-refractivity contribution in [3.05, 3.63) is 23.8 Å². The highest BCUT2D eigenvalue weighted by Crippen LogP contribution is 2.32. The van der Waals surface area contributed by atoms with Crippen LogP contribution in [-0.4, -0.2) is 53.7 Å². The maximum absolute atomic E-state index is 12.5. The molecule has 1 heterocycles. The number of ketones is 1. The molecule has 1 aliphatic rings. The van der Waals surface area contributed by atoms with Crippen LogP contribution in [0.5, 0.6) is 11.5 Å². The first kappa shape index (κ1) is 16.3. The number of amides is 1. The van der Waals surface area contributed by atoms with Crippen LogP contribution >= 0.6 is 0 Å². The molecule has 7 nitrogen and oxygen atoms in total. The van der Waals surface area contributed by atoms with Gasteiger partial charge in [-0.3, -0.25) is 9.59 Å². The van der Waals surface area contributed by atoms with E-state index in [2.05, 4.69) is 0 Å². The Kier molecular flexibility index (Phi) is 4.68. The standard InChI is InChI=1S/C15H20N2O5/c1-8(17(3)15(20)13(16)9(2)18)14(19)10-4-5-11-12(6-10)22-7-21-11/h4-6,8-9,13,18H,7,16H2,1-3H3/t8-,9+,13-/m0/s1. The third-order valence-electron chi connectivity index (χ3n) is 3.77. The molecule has 0 saturated heterocycles. The summed E-state index contributed by atoms with van der Waals surface area (Å²) < 4.78 is 10.4. The van der Waals surface area contributed by atoms with Crippen LogP contribution in [0.25, 0.3) is 0 Å². The van der Waals surface area contributed by atoms with Crippen LogP contribution in [0.15, 0.2) is 18.2 Å². The van der Waals surface area contributed by atoms with E-state index in [-0.39, 0.29) is 12.6 Å². The molecule has 7 heteroatoms. The normalized spacial score (nSPS) is 16.8. The number of nitrogens with two attached hydrogens (primary N) is 1. The molecule has 22 heavy (non-hydrogen) atoms. The van der Waals surface area contributed by atoms with Crippen LogP contribution in [0.4, 0.5) is 0 Å². The lowest BCUT2D eigenvalue weighted by Crippen LogP contribution is -2.52. The lowest BCUT2D eigenvalue weighted by molar-refractivity contribution is -0.134. The minimum absolute atomic E-state index is 0.129. The number of ether oxygens (including phenoxy) is 2. The van der Waals surface area contributed by atoms with E-state index in [1.807, 2.05) is 0 Å². The van der Waals surface area contributed by atoms with Crippen LogP contribution in [0, 0.1) is 0 Å². The van der Waals surface area contributed by atoms with Gasteiger partial charge in [-0.1, -0.05) is 0 Å². The second kappa shape index (κ2) is 6.33. The molecule has 3 N–H and O–H groups in total. The topological polar surface area (TPSA) is 102 Å². The van der Waals surface area contributed by atoms with Crippen molar-refractivity contribution in [3.63, 3.8) is 0 Å². The molecule has 0 radical (unpaired) electrons. The molecule has 3 atom stereocenters. The first-order valence-corrected chi connectivity index (χ1v) is 6.97. The van der Waals surface area contributed by atoms with Crippen molar-refractivity contribution in [2.45, 2.75) is 32.0 Å². The van der Waals surface area contributed by atoms with Gasteiger partial charge in [-0.15, -0.1) is 0 Å². The van der Waals surface area contributed by atoms with Crippen molar-refractivity contribution in [2.24, 2.45) is 5.73 Å². The van der Waals surface area contributed by atoms with Crippen molar-refractivity contribution in [1.29, 1.82) is 0 Å². The molecule has 0 spiro atoms. The van der Waals surface area contributed by atoms with E-state index >= 15 is 0 Å². The molecule has 0 saturated carbocycles. The maximum atomic E-state index is 12.5. The van der Waals surface area contributed by atoms with Gasteiger partial charge >= 0.3 is 0 Å². The maximum Gasteiger partial charge on any atom is 0.242 e. The zero-order valence-electron chi connectivity index (χ0n) is 12.8. The molecule has 0 aliphatic carbocycles. The number of benzene rings is 1. The first-order valence-electron chi connectivity index (χ1n) is 6.97. The highest BCUT2D eigenvalue weighted by Gasteiger charge is 2.29. The summed E-state index contributed by atoms with van der Waals surface area (Å²) in [6.07, 6.45) is -0.984. The molecule has 1 amide bonds. The Bertz CT molecular complexity index is 587. The Labute approximate surface area is 128 Å². The number of carbonyl (C=O) groups is 2. The molecular formula is C15H20N2O5. The Morgan fingerprint density at radius 2 is 1.91 bits per heavy atom. The summed E-state index contributed by atoms with van der Waals surface area (Å²) >= 11 is 0. The minimum Gasteiger partial charge on any atom is -0.454 e. The Hall–Kier alpha value is -2.12. The van der Waals surface area contributed by atoms with Crippen molar-refractivity contribution < 1.29 is 24.2 Å². The van der Waals surface area contributed by atoms with Gasteiger partial charge in [-0.05, 0) is 32.0 Å². The summed E-state index contributed by atoms with van der Waals surface area (Å²) in [4.78, 5) is 25.8. The largest absolute Gasteiger partial charge is 0.454 e. The van der Waals surface area contributed by atoms with Gasteiger partial charge in [0.05, 0.1) is 12.1 Å². The van der Waals surface area contributed by atoms with Crippen LogP contribution in [0.3, 0.4) is 0 Å². The van der Waals surface area contributed by atoms with Crippen LogP contribution in [0.1, 0.15) is 24.2 Å². The Balaban J connectivity index is 2.13. The number of carbonyl (C=O) groups excluding carboxylic acids is 2. The molecule has 0 unspecified atom stereocenters. The minimum atomic E-state index is -1.06. The van der Waals surface area contributed by atoms with E-state index in [9.17, 15) is 14.7 Å². The fourth-order valence-electron chi connectivity index (χ4n) is 2.10. The second-order valence-corrected chi connectivity index (χ2v) is 5.32. The van der Waals surface area contributed by atoms with E-state index in [1.165, 1.54) is 18.9 Å². The van der Waals surface area contributed by atoms with E-state index in [0.717, 1.165) is 0 Å². The molecule has 2 rings (SSSR count). The van der Waals surface area contributed by atoms with Gasteiger partial charge in [0.1, 0.15) is 6.04 Å². The zero-order valence-corrected chi connectivity index (χ0v) is 12.8. The smallest absolute Gasteiger partial charge is 0.242 e. The summed E-state index contributed by atoms with van der Waals surface area (Å²) in [5.41, 5.74) is 6.04. The van der Waals surface area contributed by atoms with E-state index < -0.39 is 24.1 Å². The Morgan fingerprint density at radius 1 is 1.27 bits per heavy atom. The lowest BCUT2D eigenvalue weighted by Gasteiger charge is -2.27. The van der Waals surface area contributed by atoms with Gasteiger partial charge in [0.2, 0.25) is 12.7 Å². The first-order chi connectivity index (χ1) is 10.3. The summed E-state index contributed by atoms with van der Waals surface area (Å²) in [5.74, 6) is 0.362. The fourth-order valence-corrected chi connectivity index (χ4v) is 2.10. The quantitative estimate of drug-likeness (QED) is 0.751. The van der Waals surface area contributed by atoms with E-state index in [4.69, 9.17) is 15.2 Å². The molecule has 0 aromatic heterocycles. The van der Waals surface area contributed by atoms with Crippen LogP contribution in [0.2, 0.25) is 0 Å². The van der Waals surface area contributed by atoms with Crippen molar-refractivity contribution in [1.82, 2.24) is 4.90 Å². The average Bonchev–Trinajstić information content (AvgIpc) is 2.98. The van der Waals surface area contributed by atoms with Gasteiger partial charge < -0.3 is 25.2 Å². The number of fused-ring (bicyclic) bond motifs is 1. The highest BCUT2D eigenvalue weighted by molar-refractivity contribution is 6.02. The molecule has 0 bridgehead atoms. The predicted molar refractivity (Wildman–Crippen MR) is 78.8 cm³/mol. The van der Waals surface area contributed by atoms with Gasteiger partial charge in [0.25, 0.3) is 0 Å². The van der Waals surface area contributed by atoms with Gasteiger partial charge in [-0.2, -0.15) is 0 Å². The summed E-state index contributed by atoms with van der Waals surface area (Å²) in [6, 6.07) is 3.11. The highest BCUT2D eigenvalue weighted by atomic mass is 16.7. The number of Topliss-reactive ketones (excluding diaryl/α,β-unsaturated/α-hetero) is 1. The number of likely N-dealkylation sites (N-methyl/N-ethyl adjacent to an activating group) is 1.